The van der Waals surface area contributed by atoms with E-state index in [0.29, 0.717) is 42.3 Å². The smallest absolute Gasteiger partial charge is 0.156 e. The minimum atomic E-state index is -1.12. The Hall–Kier alpha value is -1.14. The van der Waals surface area contributed by atoms with Gasteiger partial charge >= 0.3 is 0 Å². The number of hydrogen-bond donors (Lipinski definition) is 1. The lowest BCUT2D eigenvalue weighted by Gasteiger charge is -2.55. The molecule has 0 spiro atoms. The number of ketones is 1. The van der Waals surface area contributed by atoms with Crippen LogP contribution in [0.2, 0.25) is 0 Å². The highest BCUT2D eigenvalue weighted by Gasteiger charge is 2.64. The van der Waals surface area contributed by atoms with Crippen molar-refractivity contribution < 1.29 is 9.90 Å². The van der Waals surface area contributed by atoms with Gasteiger partial charge in [-0.1, -0.05) is 12.5 Å². The van der Waals surface area contributed by atoms with Crippen molar-refractivity contribution in [2.75, 3.05) is 0 Å². The van der Waals surface area contributed by atoms with Crippen LogP contribution < -0.4 is 0 Å². The van der Waals surface area contributed by atoms with Gasteiger partial charge in [0.05, 0.1) is 6.07 Å². The highest BCUT2D eigenvalue weighted by Crippen LogP contribution is 2.66. The average molecular weight is 313 g/mol. The molecule has 4 aliphatic rings. The van der Waals surface area contributed by atoms with Crippen molar-refractivity contribution in [3.63, 3.8) is 0 Å². The number of hydrogen-bond acceptors (Lipinski definition) is 3. The lowest BCUT2D eigenvalue weighted by atomic mass is 9.49. The summed E-state index contributed by atoms with van der Waals surface area (Å²) in [5.41, 5.74) is 0.102. The van der Waals surface area contributed by atoms with E-state index in [0.717, 1.165) is 44.9 Å². The van der Waals surface area contributed by atoms with E-state index < -0.39 is 5.60 Å². The zero-order valence-corrected chi connectivity index (χ0v) is 14.1. The number of aliphatic hydroxyl groups is 1. The Balaban J connectivity index is 1.67. The van der Waals surface area contributed by atoms with Crippen LogP contribution >= 0.6 is 0 Å². The third-order valence-electron chi connectivity index (χ3n) is 7.96. The lowest BCUT2D eigenvalue weighted by molar-refractivity contribution is -0.117. The average Bonchev–Trinajstić information content (AvgIpc) is 2.88. The van der Waals surface area contributed by atoms with Gasteiger partial charge in [-0.3, -0.25) is 4.79 Å². The van der Waals surface area contributed by atoms with Crippen LogP contribution in [0.15, 0.2) is 11.6 Å². The molecule has 0 aromatic carbocycles. The van der Waals surface area contributed by atoms with Gasteiger partial charge in [0.2, 0.25) is 0 Å². The fourth-order valence-electron chi connectivity index (χ4n) is 6.91. The number of carbonyl (C=O) groups is 1. The van der Waals surface area contributed by atoms with Crippen LogP contribution in [0.25, 0.3) is 0 Å². The molecular weight excluding hydrogens is 286 g/mol. The molecule has 0 aromatic rings. The van der Waals surface area contributed by atoms with Crippen LogP contribution in [-0.4, -0.2) is 16.5 Å². The molecule has 4 aliphatic carbocycles. The summed E-state index contributed by atoms with van der Waals surface area (Å²) in [6.45, 7) is 2.16. The zero-order valence-electron chi connectivity index (χ0n) is 14.1. The van der Waals surface area contributed by atoms with E-state index in [4.69, 9.17) is 0 Å². The van der Waals surface area contributed by atoms with Crippen molar-refractivity contribution >= 4 is 5.78 Å². The highest BCUT2D eigenvalue weighted by molar-refractivity contribution is 5.91. The maximum atomic E-state index is 11.7. The molecule has 0 unspecified atom stereocenters. The van der Waals surface area contributed by atoms with Gasteiger partial charge in [0.25, 0.3) is 0 Å². The normalized spacial score (nSPS) is 48.7. The Morgan fingerprint density at radius 1 is 1.22 bits per heavy atom. The molecule has 3 nitrogen and oxygen atoms in total. The molecule has 0 amide bonds. The molecule has 0 aliphatic heterocycles. The molecule has 124 valence electrons. The summed E-state index contributed by atoms with van der Waals surface area (Å²) >= 11 is 0. The second-order valence-electron chi connectivity index (χ2n) is 8.36. The molecule has 6 atom stereocenters. The topological polar surface area (TPSA) is 61.1 Å². The molecule has 23 heavy (non-hydrogen) atoms. The summed E-state index contributed by atoms with van der Waals surface area (Å²) in [7, 11) is 0. The predicted molar refractivity (Wildman–Crippen MR) is 87.3 cm³/mol. The highest BCUT2D eigenvalue weighted by atomic mass is 16.3. The number of fused-ring (bicyclic) bond motifs is 5. The van der Waals surface area contributed by atoms with Crippen LogP contribution in [0, 0.1) is 40.4 Å². The third-order valence-corrected chi connectivity index (χ3v) is 7.96. The molecule has 3 fully saturated rings. The first kappa shape index (κ1) is 15.4. The summed E-state index contributed by atoms with van der Waals surface area (Å²) in [4.78, 5) is 11.7. The van der Waals surface area contributed by atoms with E-state index in [2.05, 4.69) is 13.0 Å². The number of nitriles is 1. The second kappa shape index (κ2) is 5.18. The van der Waals surface area contributed by atoms with E-state index in [1.807, 2.05) is 6.08 Å². The van der Waals surface area contributed by atoms with E-state index >= 15 is 0 Å². The number of rotatable bonds is 1. The molecule has 1 N–H and O–H groups in total. The van der Waals surface area contributed by atoms with Gasteiger partial charge in [0.15, 0.2) is 11.4 Å². The van der Waals surface area contributed by atoms with Gasteiger partial charge in [0, 0.05) is 11.8 Å². The summed E-state index contributed by atoms with van der Waals surface area (Å²) < 4.78 is 0. The molecule has 3 saturated carbocycles. The summed E-state index contributed by atoms with van der Waals surface area (Å²) in [5.74, 6) is 2.72. The first-order valence-corrected chi connectivity index (χ1v) is 9.41. The van der Waals surface area contributed by atoms with E-state index in [1.54, 1.807) is 0 Å². The quantitative estimate of drug-likeness (QED) is 0.750. The monoisotopic (exact) mass is 313 g/mol. The Labute approximate surface area is 138 Å². The first-order valence-electron chi connectivity index (χ1n) is 9.41. The molecule has 0 aromatic heterocycles. The zero-order chi connectivity index (χ0) is 16.2. The van der Waals surface area contributed by atoms with Gasteiger partial charge in [-0.2, -0.15) is 5.26 Å². The van der Waals surface area contributed by atoms with Crippen molar-refractivity contribution in [2.24, 2.45) is 29.1 Å². The van der Waals surface area contributed by atoms with E-state index in [-0.39, 0.29) is 5.41 Å². The molecule has 0 bridgehead atoms. The summed E-state index contributed by atoms with van der Waals surface area (Å²) in [5, 5.41) is 20.6. The van der Waals surface area contributed by atoms with Crippen molar-refractivity contribution in [3.8, 4) is 6.07 Å². The van der Waals surface area contributed by atoms with Gasteiger partial charge in [-0.25, -0.2) is 0 Å². The molecule has 0 saturated heterocycles. The van der Waals surface area contributed by atoms with Crippen molar-refractivity contribution in [1.82, 2.24) is 0 Å². The minimum absolute atomic E-state index is 0.186. The maximum Gasteiger partial charge on any atom is 0.156 e. The van der Waals surface area contributed by atoms with Gasteiger partial charge in [-0.15, -0.1) is 0 Å². The van der Waals surface area contributed by atoms with Crippen LogP contribution in [0.4, 0.5) is 0 Å². The Morgan fingerprint density at radius 3 is 2.78 bits per heavy atom. The Bertz CT molecular complexity index is 603. The SMILES string of the molecule is CC[C@]12CC[C@H]3[C@@H](CCC4=CC(=O)CC[C@@H]43)[C@@H]1CC[C@@]2(O)C#N. The summed E-state index contributed by atoms with van der Waals surface area (Å²) in [6, 6.07) is 2.29. The van der Waals surface area contributed by atoms with Crippen molar-refractivity contribution in [1.29, 1.82) is 5.26 Å². The number of carbonyl (C=O) groups excluding carboxylic acids is 1. The van der Waals surface area contributed by atoms with Crippen LogP contribution in [0.1, 0.15) is 64.7 Å². The molecule has 4 rings (SSSR count). The van der Waals surface area contributed by atoms with Gasteiger partial charge < -0.3 is 5.11 Å². The largest absolute Gasteiger partial charge is 0.375 e. The standard InChI is InChI=1S/C20H27NO2/c1-2-19-9-7-16-15-6-4-14(22)11-13(15)3-5-17(16)18(19)8-10-20(19,23)12-21/h11,15-18,23H,2-10H2,1H3/t15-,16+,17+,18-,19-,20+/m0/s1. The predicted octanol–water partition coefficient (Wildman–Crippen LogP) is 3.77. The molecule has 3 heteroatoms. The fraction of sp³-hybridized carbons (Fsp3) is 0.800. The van der Waals surface area contributed by atoms with Crippen LogP contribution in [0.5, 0.6) is 0 Å². The van der Waals surface area contributed by atoms with Crippen LogP contribution in [0.3, 0.4) is 0 Å². The second-order valence-corrected chi connectivity index (χ2v) is 8.36. The maximum absolute atomic E-state index is 11.7. The number of nitrogens with zero attached hydrogens (tertiary/aromatic N) is 1. The van der Waals surface area contributed by atoms with Crippen molar-refractivity contribution in [2.45, 2.75) is 70.3 Å². The van der Waals surface area contributed by atoms with Gasteiger partial charge in [-0.05, 0) is 81.1 Å². The summed E-state index contributed by atoms with van der Waals surface area (Å²) in [6.07, 6.45) is 10.5. The fourth-order valence-corrected chi connectivity index (χ4v) is 6.91. The third kappa shape index (κ3) is 1.94. The molecule has 0 heterocycles. The lowest BCUT2D eigenvalue weighted by Crippen LogP contribution is -2.53. The Kier molecular flexibility index (Phi) is 3.47. The first-order chi connectivity index (χ1) is 11.0. The molecule has 0 radical (unpaired) electrons. The van der Waals surface area contributed by atoms with E-state index in [9.17, 15) is 15.2 Å². The Morgan fingerprint density at radius 2 is 2.04 bits per heavy atom. The van der Waals surface area contributed by atoms with Crippen LogP contribution in [-0.2, 0) is 4.79 Å². The number of allylic oxidation sites excluding steroid dienone is 1. The van der Waals surface area contributed by atoms with Gasteiger partial charge in [0.1, 0.15) is 0 Å². The molecular formula is C20H27NO2. The minimum Gasteiger partial charge on any atom is -0.375 e. The van der Waals surface area contributed by atoms with E-state index in [1.165, 1.54) is 5.57 Å². The van der Waals surface area contributed by atoms with Crippen molar-refractivity contribution in [3.05, 3.63) is 11.6 Å².